The Labute approximate surface area is 137 Å². The second-order valence-electron chi connectivity index (χ2n) is 5.24. The van der Waals surface area contributed by atoms with E-state index in [1.807, 2.05) is 37.3 Å². The molecule has 0 atom stereocenters. The van der Waals surface area contributed by atoms with Crippen molar-refractivity contribution in [2.75, 3.05) is 13.6 Å². The molecule has 0 aromatic heterocycles. The molecule has 1 N–H and O–H groups in total. The monoisotopic (exact) mass is 332 g/mol. The Morgan fingerprint density at radius 2 is 1.65 bits per heavy atom. The highest BCUT2D eigenvalue weighted by molar-refractivity contribution is 7.89. The van der Waals surface area contributed by atoms with Crippen LogP contribution in [0.4, 0.5) is 0 Å². The summed E-state index contributed by atoms with van der Waals surface area (Å²) >= 11 is 0. The van der Waals surface area contributed by atoms with Crippen molar-refractivity contribution < 1.29 is 13.2 Å². The number of rotatable bonds is 6. The molecule has 2 aromatic carbocycles. The number of likely N-dealkylation sites (N-methyl/N-ethyl adjacent to an activating group) is 1. The van der Waals surface area contributed by atoms with Crippen molar-refractivity contribution in [1.29, 1.82) is 0 Å². The number of hydrogen-bond acceptors (Lipinski definition) is 3. The van der Waals surface area contributed by atoms with Crippen molar-refractivity contribution in [3.05, 3.63) is 65.7 Å². The van der Waals surface area contributed by atoms with Crippen LogP contribution in [0.2, 0.25) is 0 Å². The number of sulfonamides is 1. The lowest BCUT2D eigenvalue weighted by Crippen LogP contribution is -2.39. The fourth-order valence-corrected chi connectivity index (χ4v) is 3.50. The lowest BCUT2D eigenvalue weighted by Gasteiger charge is -2.21. The smallest absolute Gasteiger partial charge is 0.243 e. The van der Waals surface area contributed by atoms with Crippen LogP contribution in [0.15, 0.2) is 59.5 Å². The SMILES string of the molecule is CNC(=O)CN(Cc1ccccc1)S(=O)(=O)c1ccc(C)cc1. The van der Waals surface area contributed by atoms with Crippen LogP contribution in [0.25, 0.3) is 0 Å². The normalized spacial score (nSPS) is 11.4. The van der Waals surface area contributed by atoms with Crippen molar-refractivity contribution in [3.8, 4) is 0 Å². The Morgan fingerprint density at radius 1 is 1.04 bits per heavy atom. The first-order chi connectivity index (χ1) is 10.9. The standard InChI is InChI=1S/C17H20N2O3S/c1-14-8-10-16(11-9-14)23(21,22)19(13-17(20)18-2)12-15-6-4-3-5-7-15/h3-11H,12-13H2,1-2H3,(H,18,20). The summed E-state index contributed by atoms with van der Waals surface area (Å²) in [6.45, 7) is 1.81. The van der Waals surface area contributed by atoms with Gasteiger partial charge in [-0.1, -0.05) is 48.0 Å². The van der Waals surface area contributed by atoms with E-state index in [0.29, 0.717) is 0 Å². The van der Waals surface area contributed by atoms with E-state index in [-0.39, 0.29) is 23.9 Å². The minimum atomic E-state index is -3.75. The molecule has 2 rings (SSSR count). The van der Waals surface area contributed by atoms with Crippen molar-refractivity contribution >= 4 is 15.9 Å². The van der Waals surface area contributed by atoms with E-state index in [2.05, 4.69) is 5.32 Å². The van der Waals surface area contributed by atoms with Gasteiger partial charge in [-0.25, -0.2) is 8.42 Å². The van der Waals surface area contributed by atoms with Gasteiger partial charge in [-0.15, -0.1) is 0 Å². The van der Waals surface area contributed by atoms with E-state index in [9.17, 15) is 13.2 Å². The number of hydrogen-bond donors (Lipinski definition) is 1. The van der Waals surface area contributed by atoms with E-state index in [0.717, 1.165) is 11.1 Å². The van der Waals surface area contributed by atoms with E-state index in [4.69, 9.17) is 0 Å². The predicted octanol–water partition coefficient (Wildman–Crippen LogP) is 1.93. The molecule has 0 saturated carbocycles. The lowest BCUT2D eigenvalue weighted by atomic mass is 10.2. The summed E-state index contributed by atoms with van der Waals surface area (Å²) in [6, 6.07) is 15.8. The summed E-state index contributed by atoms with van der Waals surface area (Å²) in [5.74, 6) is -0.350. The zero-order chi connectivity index (χ0) is 16.9. The maximum Gasteiger partial charge on any atom is 0.243 e. The van der Waals surface area contributed by atoms with Crippen LogP contribution < -0.4 is 5.32 Å². The highest BCUT2D eigenvalue weighted by Crippen LogP contribution is 2.18. The predicted molar refractivity (Wildman–Crippen MR) is 89.3 cm³/mol. The molecule has 0 saturated heterocycles. The summed E-state index contributed by atoms with van der Waals surface area (Å²) in [5.41, 5.74) is 1.80. The molecule has 0 aliphatic carbocycles. The number of nitrogens with one attached hydrogen (secondary N) is 1. The molecule has 0 aliphatic rings. The zero-order valence-corrected chi connectivity index (χ0v) is 14.0. The molecule has 23 heavy (non-hydrogen) atoms. The van der Waals surface area contributed by atoms with Crippen molar-refractivity contribution in [2.24, 2.45) is 0 Å². The maximum absolute atomic E-state index is 12.8. The molecular weight excluding hydrogens is 312 g/mol. The second-order valence-corrected chi connectivity index (χ2v) is 7.18. The van der Waals surface area contributed by atoms with Crippen LogP contribution in [-0.2, 0) is 21.4 Å². The minimum absolute atomic E-state index is 0.143. The molecule has 0 bridgehead atoms. The van der Waals surface area contributed by atoms with E-state index >= 15 is 0 Å². The van der Waals surface area contributed by atoms with Crippen molar-refractivity contribution in [1.82, 2.24) is 9.62 Å². The molecule has 1 amide bonds. The first-order valence-corrected chi connectivity index (χ1v) is 8.69. The highest BCUT2D eigenvalue weighted by Gasteiger charge is 2.26. The Bertz CT molecular complexity index is 756. The van der Waals surface area contributed by atoms with Gasteiger partial charge < -0.3 is 5.32 Å². The molecule has 0 heterocycles. The number of carbonyl (C=O) groups is 1. The van der Waals surface area contributed by atoms with Crippen molar-refractivity contribution in [2.45, 2.75) is 18.4 Å². The van der Waals surface area contributed by atoms with Crippen LogP contribution in [0.5, 0.6) is 0 Å². The Kier molecular flexibility index (Phi) is 5.52. The van der Waals surface area contributed by atoms with E-state index in [1.54, 1.807) is 24.3 Å². The third kappa shape index (κ3) is 4.40. The summed E-state index contributed by atoms with van der Waals surface area (Å²) in [5, 5.41) is 2.47. The number of benzene rings is 2. The second kappa shape index (κ2) is 7.39. The van der Waals surface area contributed by atoms with Gasteiger partial charge in [0, 0.05) is 13.6 Å². The topological polar surface area (TPSA) is 66.5 Å². The third-order valence-electron chi connectivity index (χ3n) is 3.46. The van der Waals surface area contributed by atoms with Crippen molar-refractivity contribution in [3.63, 3.8) is 0 Å². The van der Waals surface area contributed by atoms with E-state index in [1.165, 1.54) is 11.4 Å². The van der Waals surface area contributed by atoms with E-state index < -0.39 is 10.0 Å². The first-order valence-electron chi connectivity index (χ1n) is 7.25. The van der Waals surface area contributed by atoms with Crippen LogP contribution in [-0.4, -0.2) is 32.2 Å². The van der Waals surface area contributed by atoms with Gasteiger partial charge >= 0.3 is 0 Å². The van der Waals surface area contributed by atoms with Gasteiger partial charge in [-0.3, -0.25) is 4.79 Å². The Morgan fingerprint density at radius 3 is 2.22 bits per heavy atom. The molecule has 0 spiro atoms. The average Bonchev–Trinajstić information content (AvgIpc) is 2.55. The summed E-state index contributed by atoms with van der Waals surface area (Å²) in [4.78, 5) is 11.9. The molecule has 2 aromatic rings. The summed E-state index contributed by atoms with van der Waals surface area (Å²) in [6.07, 6.45) is 0. The fourth-order valence-electron chi connectivity index (χ4n) is 2.11. The highest BCUT2D eigenvalue weighted by atomic mass is 32.2. The molecule has 5 nitrogen and oxygen atoms in total. The average molecular weight is 332 g/mol. The number of nitrogens with zero attached hydrogens (tertiary/aromatic N) is 1. The van der Waals surface area contributed by atoms with Gasteiger partial charge in [0.15, 0.2) is 0 Å². The third-order valence-corrected chi connectivity index (χ3v) is 5.27. The van der Waals surface area contributed by atoms with Crippen LogP contribution >= 0.6 is 0 Å². The van der Waals surface area contributed by atoms with Gasteiger partial charge in [0.25, 0.3) is 0 Å². The first kappa shape index (κ1) is 17.2. The number of aryl methyl sites for hydroxylation is 1. The van der Waals surface area contributed by atoms with Gasteiger partial charge in [-0.2, -0.15) is 4.31 Å². The Hall–Kier alpha value is -2.18. The van der Waals surface area contributed by atoms with Crippen LogP contribution in [0, 0.1) is 6.92 Å². The zero-order valence-electron chi connectivity index (χ0n) is 13.2. The molecular formula is C17H20N2O3S. The van der Waals surface area contributed by atoms with Gasteiger partial charge in [0.05, 0.1) is 11.4 Å². The molecule has 0 aliphatic heterocycles. The summed E-state index contributed by atoms with van der Waals surface area (Å²) < 4.78 is 26.9. The molecule has 0 fully saturated rings. The molecule has 6 heteroatoms. The number of amides is 1. The van der Waals surface area contributed by atoms with Gasteiger partial charge in [0.1, 0.15) is 0 Å². The summed E-state index contributed by atoms with van der Waals surface area (Å²) in [7, 11) is -2.26. The number of carbonyl (C=O) groups excluding carboxylic acids is 1. The van der Waals surface area contributed by atoms with Gasteiger partial charge in [0.2, 0.25) is 15.9 Å². The molecule has 122 valence electrons. The van der Waals surface area contributed by atoms with Crippen LogP contribution in [0.3, 0.4) is 0 Å². The maximum atomic E-state index is 12.8. The molecule has 0 radical (unpaired) electrons. The molecule has 0 unspecified atom stereocenters. The Balaban J connectivity index is 2.35. The van der Waals surface area contributed by atoms with Crippen LogP contribution in [0.1, 0.15) is 11.1 Å². The fraction of sp³-hybridized carbons (Fsp3) is 0.235. The largest absolute Gasteiger partial charge is 0.358 e. The lowest BCUT2D eigenvalue weighted by molar-refractivity contribution is -0.120. The quantitative estimate of drug-likeness (QED) is 0.879. The van der Waals surface area contributed by atoms with Gasteiger partial charge in [-0.05, 0) is 24.6 Å². The minimum Gasteiger partial charge on any atom is -0.358 e.